The van der Waals surface area contributed by atoms with Gasteiger partial charge in [-0.3, -0.25) is 9.80 Å². The summed E-state index contributed by atoms with van der Waals surface area (Å²) in [6.45, 7) is 7.83. The van der Waals surface area contributed by atoms with Gasteiger partial charge in [0.05, 0.1) is 52.7 Å². The van der Waals surface area contributed by atoms with Gasteiger partial charge < -0.3 is 28.4 Å². The van der Waals surface area contributed by atoms with Crippen LogP contribution in [-0.4, -0.2) is 136 Å². The van der Waals surface area contributed by atoms with Crippen LogP contribution in [0, 0.1) is 0 Å². The monoisotopic (exact) mass is 1450 g/mol. The van der Waals surface area contributed by atoms with Gasteiger partial charge >= 0.3 is 12.4 Å². The zero-order valence-corrected chi connectivity index (χ0v) is 58.6. The number of rotatable bonds is 25. The number of hydrogen-bond donors (Lipinski definition) is 0. The molecular formula is C69H76Cl2F6N10O10S2. The van der Waals surface area contributed by atoms with Crippen molar-refractivity contribution in [3.05, 3.63) is 190 Å². The number of benzene rings is 4. The first-order chi connectivity index (χ1) is 47.2. The largest absolute Gasteiger partial charge is 0.497 e. The highest BCUT2D eigenvalue weighted by Crippen LogP contribution is 2.43. The Morgan fingerprint density at radius 2 is 0.939 bits per heavy atom. The van der Waals surface area contributed by atoms with E-state index in [4.69, 9.17) is 51.6 Å². The standard InChI is InChI=1S/C35H39ClF3N5O5S.C34H37ClF3N5O5S/c1-5-43(6-2)28-19-24(23-8-7-9-26(18-23)35(37,38)39)11-13-29(28)49-33-15-14-31(34(36)42-33)50(45,46)44(32-16-17-40-22-41-32)21-25-10-12-27(47-3)20-30(25)48-4;1-5-42(2)27-18-23(22-7-6-8-25(17-22)34(36,37)38)10-12-28(27)48-32-14-13-30(33(35)41-32)49(44,45)43(31-15-16-39-21-40-31)20-24-9-11-26(46-3)19-29(24)47-4/h7-10,12,14-18,20,22,24,28-29H,5-6,11,13,19,21H2,1-4H3;6-9,11,13-17,19,21,23,27-28H,5,10,12,18,20H2,1-4H3/t24-,28-,29-;23-,27-,28-/m00/s1. The van der Waals surface area contributed by atoms with Crippen LogP contribution in [0.15, 0.2) is 156 Å². The number of pyridine rings is 2. The van der Waals surface area contributed by atoms with Gasteiger partial charge in [0.25, 0.3) is 20.0 Å². The topological polar surface area (TPSA) is 214 Å². The molecule has 2 aliphatic rings. The van der Waals surface area contributed by atoms with E-state index in [0.717, 1.165) is 20.7 Å². The molecule has 0 bridgehead atoms. The van der Waals surface area contributed by atoms with Crippen molar-refractivity contribution in [2.75, 3.05) is 63.7 Å². The second kappa shape index (κ2) is 32.8. The van der Waals surface area contributed by atoms with E-state index in [1.54, 1.807) is 48.5 Å². The Bertz CT molecular complexity index is 4260. The highest BCUT2D eigenvalue weighted by molar-refractivity contribution is 7.93. The summed E-state index contributed by atoms with van der Waals surface area (Å²) >= 11 is 13.2. The van der Waals surface area contributed by atoms with Gasteiger partial charge in [-0.2, -0.15) is 26.3 Å². The predicted molar refractivity (Wildman–Crippen MR) is 362 cm³/mol. The zero-order chi connectivity index (χ0) is 71.4. The fraction of sp³-hybridized carbons (Fsp3) is 0.391. The minimum atomic E-state index is -4.42. The summed E-state index contributed by atoms with van der Waals surface area (Å²) in [6, 6.07) is 29.4. The summed E-state index contributed by atoms with van der Waals surface area (Å²) in [6.07, 6.45) is -0.777. The first-order valence-corrected chi connectivity index (χ1v) is 35.3. The molecule has 0 aliphatic heterocycles. The lowest BCUT2D eigenvalue weighted by atomic mass is 9.78. The first-order valence-electron chi connectivity index (χ1n) is 31.7. The minimum Gasteiger partial charge on any atom is -0.497 e. The number of likely N-dealkylation sites (N-methyl/N-ethyl adjacent to an activating group) is 2. The van der Waals surface area contributed by atoms with Crippen LogP contribution in [0.5, 0.6) is 34.8 Å². The molecule has 0 unspecified atom stereocenters. The van der Waals surface area contributed by atoms with Crippen molar-refractivity contribution >= 4 is 54.9 Å². The molecule has 2 saturated carbocycles. The molecule has 4 aromatic carbocycles. The van der Waals surface area contributed by atoms with E-state index >= 15 is 0 Å². The molecule has 530 valence electrons. The van der Waals surface area contributed by atoms with Crippen LogP contribution >= 0.6 is 23.2 Å². The third-order valence-corrected chi connectivity index (χ3v) is 22.1. The Kier molecular flexibility index (Phi) is 24.8. The van der Waals surface area contributed by atoms with Crippen molar-refractivity contribution in [2.24, 2.45) is 0 Å². The van der Waals surface area contributed by atoms with Gasteiger partial charge in [0, 0.05) is 72.0 Å². The first kappa shape index (κ1) is 74.9. The summed E-state index contributed by atoms with van der Waals surface area (Å²) in [5.41, 5.74) is 1.04. The van der Waals surface area contributed by atoms with E-state index in [0.29, 0.717) is 103 Å². The Hall–Kier alpha value is -8.28. The second-order valence-corrected chi connectivity index (χ2v) is 27.8. The third kappa shape index (κ3) is 18.0. The van der Waals surface area contributed by atoms with Crippen LogP contribution in [0.3, 0.4) is 0 Å². The molecule has 20 nitrogen and oxygen atoms in total. The molecule has 0 radical (unpaired) electrons. The molecule has 2 fully saturated rings. The van der Waals surface area contributed by atoms with E-state index in [1.807, 2.05) is 27.8 Å². The van der Waals surface area contributed by atoms with Crippen molar-refractivity contribution in [1.29, 1.82) is 0 Å². The van der Waals surface area contributed by atoms with Gasteiger partial charge in [-0.05, 0) is 137 Å². The predicted octanol–water partition coefficient (Wildman–Crippen LogP) is 14.4. The molecule has 10 rings (SSSR count). The lowest BCUT2D eigenvalue weighted by Gasteiger charge is -2.42. The van der Waals surface area contributed by atoms with Gasteiger partial charge in [-0.25, -0.2) is 55.3 Å². The third-order valence-electron chi connectivity index (χ3n) is 17.7. The van der Waals surface area contributed by atoms with Gasteiger partial charge in [0.1, 0.15) is 69.3 Å². The van der Waals surface area contributed by atoms with E-state index in [1.165, 1.54) is 114 Å². The van der Waals surface area contributed by atoms with Crippen molar-refractivity contribution in [2.45, 2.75) is 131 Å². The van der Waals surface area contributed by atoms with Crippen molar-refractivity contribution in [3.63, 3.8) is 0 Å². The molecular weight excluding hydrogens is 1380 g/mol. The molecule has 8 aromatic rings. The van der Waals surface area contributed by atoms with E-state index in [2.05, 4.69) is 39.7 Å². The van der Waals surface area contributed by atoms with Gasteiger partial charge in [-0.1, -0.05) is 80.4 Å². The number of ether oxygens (including phenoxy) is 6. The lowest BCUT2D eigenvalue weighted by molar-refractivity contribution is -0.138. The number of methoxy groups -OCH3 is 4. The fourth-order valence-electron chi connectivity index (χ4n) is 12.4. The summed E-state index contributed by atoms with van der Waals surface area (Å²) in [4.78, 5) is 28.7. The molecule has 0 spiro atoms. The molecule has 99 heavy (non-hydrogen) atoms. The molecule has 0 N–H and O–H groups in total. The van der Waals surface area contributed by atoms with Crippen molar-refractivity contribution < 1.29 is 71.6 Å². The zero-order valence-electron chi connectivity index (χ0n) is 55.5. The maximum Gasteiger partial charge on any atom is 0.416 e. The van der Waals surface area contributed by atoms with E-state index in [-0.39, 0.29) is 92.7 Å². The SMILES string of the molecule is CCN(C)[C@H]1C[C@@H](c2cccc(C(F)(F)F)c2)CC[C@@H]1Oc1ccc(S(=O)(=O)N(Cc2ccc(OC)cc2OC)c2ccncn2)c(Cl)n1.CCN(CC)[C@H]1C[C@@H](c2cccc(C(F)(F)F)c2)CC[C@@H]1Oc1ccc(S(=O)(=O)N(Cc2ccc(OC)cc2OC)c2ccncn2)c(Cl)n1. The average Bonchev–Trinajstić information content (AvgIpc) is 0.779. The van der Waals surface area contributed by atoms with Crippen LogP contribution in [-0.2, 0) is 45.5 Å². The number of hydrogen-bond acceptors (Lipinski definition) is 18. The Morgan fingerprint density at radius 3 is 1.30 bits per heavy atom. The number of alkyl halides is 6. The number of anilines is 2. The van der Waals surface area contributed by atoms with Gasteiger partial charge in [-0.15, -0.1) is 0 Å². The highest BCUT2D eigenvalue weighted by Gasteiger charge is 2.41. The normalized spacial score (nSPS) is 18.2. The maximum atomic E-state index is 14.2. The Morgan fingerprint density at radius 1 is 0.515 bits per heavy atom. The minimum absolute atomic E-state index is 0.0936. The summed E-state index contributed by atoms with van der Waals surface area (Å²) in [5, 5.41) is -0.586. The second-order valence-electron chi connectivity index (χ2n) is 23.4. The number of aromatic nitrogens is 6. The number of halogens is 8. The molecule has 4 aromatic heterocycles. The summed E-state index contributed by atoms with van der Waals surface area (Å²) < 4.78 is 174. The van der Waals surface area contributed by atoms with Gasteiger partial charge in [0.2, 0.25) is 11.8 Å². The highest BCUT2D eigenvalue weighted by atomic mass is 35.5. The van der Waals surface area contributed by atoms with E-state index < -0.39 is 43.5 Å². The maximum absolute atomic E-state index is 14.2. The number of sulfonamides is 2. The van der Waals surface area contributed by atoms with Crippen LogP contribution in [0.4, 0.5) is 38.0 Å². The van der Waals surface area contributed by atoms with Crippen LogP contribution in [0.1, 0.15) is 105 Å². The molecule has 0 amide bonds. The van der Waals surface area contributed by atoms with Gasteiger partial charge in [0.15, 0.2) is 10.3 Å². The quantitative estimate of drug-likeness (QED) is 0.0384. The van der Waals surface area contributed by atoms with Crippen molar-refractivity contribution in [1.82, 2.24) is 39.7 Å². The van der Waals surface area contributed by atoms with Crippen LogP contribution < -0.4 is 37.0 Å². The smallest absolute Gasteiger partial charge is 0.416 e. The molecule has 6 atom stereocenters. The number of nitrogens with zero attached hydrogens (tertiary/aromatic N) is 10. The molecule has 4 heterocycles. The molecule has 2 aliphatic carbocycles. The summed E-state index contributed by atoms with van der Waals surface area (Å²) in [7, 11) is -0.755. The average molecular weight is 1450 g/mol. The van der Waals surface area contributed by atoms with Crippen molar-refractivity contribution in [3.8, 4) is 34.8 Å². The van der Waals surface area contributed by atoms with Crippen LogP contribution in [0.25, 0.3) is 0 Å². The van der Waals surface area contributed by atoms with E-state index in [9.17, 15) is 43.2 Å². The lowest BCUT2D eigenvalue weighted by Crippen LogP contribution is -2.49. The molecule has 30 heteroatoms. The fourth-order valence-corrected chi connectivity index (χ4v) is 16.1. The Labute approximate surface area is 582 Å². The Balaban J connectivity index is 0.000000231. The van der Waals surface area contributed by atoms with Crippen LogP contribution in [0.2, 0.25) is 10.3 Å². The summed E-state index contributed by atoms with van der Waals surface area (Å²) in [5.74, 6) is 2.19. The molecule has 0 saturated heterocycles.